The Morgan fingerprint density at radius 1 is 0.413 bits per heavy atom. The molecular weight excluding hydrogens is 560 g/mol. The van der Waals surface area contributed by atoms with E-state index in [1.54, 1.807) is 0 Å². The lowest BCUT2D eigenvalue weighted by Crippen LogP contribution is -1.94. The smallest absolute Gasteiger partial charge is 0.0972 e. The molecule has 0 unspecified atom stereocenters. The lowest BCUT2D eigenvalue weighted by molar-refractivity contribution is 1.33. The largest absolute Gasteiger partial charge is 0.264 e. The Hall–Kier alpha value is -6.26. The summed E-state index contributed by atoms with van der Waals surface area (Å²) in [7, 11) is 0. The van der Waals surface area contributed by atoms with Crippen LogP contribution >= 0.6 is 0 Å². The molecule has 0 aliphatic heterocycles. The molecule has 0 amide bonds. The molecule has 0 fully saturated rings. The summed E-state index contributed by atoms with van der Waals surface area (Å²) in [6.07, 6.45) is 3.74. The van der Waals surface area contributed by atoms with Gasteiger partial charge in [0, 0.05) is 61.6 Å². The Kier molecular flexibility index (Phi) is 6.10. The van der Waals surface area contributed by atoms with Gasteiger partial charge in [-0.25, -0.2) is 15.0 Å². The first-order valence-electron chi connectivity index (χ1n) is 15.4. The van der Waals surface area contributed by atoms with Gasteiger partial charge in [0.05, 0.1) is 33.6 Å². The standard InChI is InChI=1S/C42H26N4/c1-3-9-27(10-4-1)36-21-18-29-16-17-30-19-22-37(45-42(30)41(29)44-36)31-20-23-38-35(25-31)39-33(32-13-8-24-43-26-32)14-7-15-34(39)40(46-38)28-11-5-2-6-12-28/h1-26H. The number of hydrogen-bond acceptors (Lipinski definition) is 4. The highest BCUT2D eigenvalue weighted by Gasteiger charge is 2.16. The molecule has 4 nitrogen and oxygen atoms in total. The van der Waals surface area contributed by atoms with Gasteiger partial charge in [-0.05, 0) is 35.9 Å². The molecule has 0 aliphatic carbocycles. The van der Waals surface area contributed by atoms with Gasteiger partial charge >= 0.3 is 0 Å². The molecule has 4 aromatic heterocycles. The van der Waals surface area contributed by atoms with Crippen LogP contribution in [-0.4, -0.2) is 19.9 Å². The SMILES string of the molecule is c1ccc(-c2ccc3ccc4ccc(-c5ccc6nc(-c7ccccc7)c7cccc(-c8cccnc8)c7c6c5)nc4c3n2)cc1. The van der Waals surface area contributed by atoms with E-state index in [1.165, 1.54) is 0 Å². The van der Waals surface area contributed by atoms with Crippen LogP contribution in [0, 0.1) is 0 Å². The van der Waals surface area contributed by atoms with Crippen LogP contribution in [0.3, 0.4) is 0 Å². The van der Waals surface area contributed by atoms with Crippen LogP contribution in [-0.2, 0) is 0 Å². The first-order chi connectivity index (χ1) is 22.8. The summed E-state index contributed by atoms with van der Waals surface area (Å²) in [5.74, 6) is 0. The predicted molar refractivity (Wildman–Crippen MR) is 189 cm³/mol. The van der Waals surface area contributed by atoms with Crippen molar-refractivity contribution in [3.05, 3.63) is 158 Å². The molecule has 4 heterocycles. The summed E-state index contributed by atoms with van der Waals surface area (Å²) >= 11 is 0. The Bertz CT molecular complexity index is 2560. The van der Waals surface area contributed by atoms with Crippen molar-refractivity contribution in [2.45, 2.75) is 0 Å². The fraction of sp³-hybridized carbons (Fsp3) is 0. The highest BCUT2D eigenvalue weighted by atomic mass is 14.8. The van der Waals surface area contributed by atoms with Crippen LogP contribution in [0.15, 0.2) is 158 Å². The normalized spacial score (nSPS) is 11.5. The molecule has 0 N–H and O–H groups in total. The zero-order valence-corrected chi connectivity index (χ0v) is 24.8. The molecule has 0 aliphatic rings. The molecule has 0 bridgehead atoms. The van der Waals surface area contributed by atoms with Crippen LogP contribution in [0.1, 0.15) is 0 Å². The van der Waals surface area contributed by atoms with Crippen molar-refractivity contribution in [1.82, 2.24) is 19.9 Å². The number of fused-ring (bicyclic) bond motifs is 6. The van der Waals surface area contributed by atoms with Crippen molar-refractivity contribution in [3.8, 4) is 44.9 Å². The zero-order valence-electron chi connectivity index (χ0n) is 24.8. The lowest BCUT2D eigenvalue weighted by atomic mass is 9.92. The van der Waals surface area contributed by atoms with Crippen LogP contribution < -0.4 is 0 Å². The maximum absolute atomic E-state index is 5.25. The maximum Gasteiger partial charge on any atom is 0.0972 e. The van der Waals surface area contributed by atoms with Crippen molar-refractivity contribution in [2.75, 3.05) is 0 Å². The molecule has 0 atom stereocenters. The fourth-order valence-electron chi connectivity index (χ4n) is 6.49. The molecule has 9 rings (SSSR count). The third kappa shape index (κ3) is 4.39. The summed E-state index contributed by atoms with van der Waals surface area (Å²) in [5, 5.41) is 5.47. The van der Waals surface area contributed by atoms with Crippen LogP contribution in [0.25, 0.3) is 88.4 Å². The van der Waals surface area contributed by atoms with E-state index in [1.807, 2.05) is 42.7 Å². The average molecular weight is 587 g/mol. The Balaban J connectivity index is 1.28. The fourth-order valence-corrected chi connectivity index (χ4v) is 6.49. The molecule has 4 heteroatoms. The van der Waals surface area contributed by atoms with E-state index in [0.717, 1.165) is 88.4 Å². The van der Waals surface area contributed by atoms with E-state index < -0.39 is 0 Å². The number of aromatic nitrogens is 4. The van der Waals surface area contributed by atoms with Gasteiger partial charge in [0.25, 0.3) is 0 Å². The highest BCUT2D eigenvalue weighted by Crippen LogP contribution is 2.40. The number of pyridine rings is 4. The van der Waals surface area contributed by atoms with Crippen LogP contribution in [0.2, 0.25) is 0 Å². The van der Waals surface area contributed by atoms with Crippen molar-refractivity contribution >= 4 is 43.5 Å². The second kappa shape index (κ2) is 10.7. The molecule has 5 aromatic carbocycles. The second-order valence-electron chi connectivity index (χ2n) is 11.5. The molecule has 0 spiro atoms. The first kappa shape index (κ1) is 26.2. The number of hydrogen-bond donors (Lipinski definition) is 0. The molecule has 9 aromatic rings. The number of benzene rings is 5. The van der Waals surface area contributed by atoms with Crippen molar-refractivity contribution in [3.63, 3.8) is 0 Å². The van der Waals surface area contributed by atoms with Crippen molar-refractivity contribution < 1.29 is 0 Å². The van der Waals surface area contributed by atoms with Crippen molar-refractivity contribution in [2.24, 2.45) is 0 Å². The minimum Gasteiger partial charge on any atom is -0.264 e. The van der Waals surface area contributed by atoms with E-state index in [0.29, 0.717) is 0 Å². The van der Waals surface area contributed by atoms with E-state index in [-0.39, 0.29) is 0 Å². The topological polar surface area (TPSA) is 51.6 Å². The summed E-state index contributed by atoms with van der Waals surface area (Å²) in [6, 6.07) is 50.5. The monoisotopic (exact) mass is 586 g/mol. The molecular formula is C42H26N4. The number of rotatable bonds is 4. The number of nitrogens with zero attached hydrogens (tertiary/aromatic N) is 4. The van der Waals surface area contributed by atoms with Gasteiger partial charge in [-0.2, -0.15) is 0 Å². The highest BCUT2D eigenvalue weighted by molar-refractivity contribution is 6.17. The van der Waals surface area contributed by atoms with Gasteiger partial charge in [-0.3, -0.25) is 4.98 Å². The summed E-state index contributed by atoms with van der Waals surface area (Å²) < 4.78 is 0. The molecule has 0 radical (unpaired) electrons. The first-order valence-corrected chi connectivity index (χ1v) is 15.4. The van der Waals surface area contributed by atoms with Crippen LogP contribution in [0.5, 0.6) is 0 Å². The van der Waals surface area contributed by atoms with Gasteiger partial charge in [-0.15, -0.1) is 0 Å². The lowest BCUT2D eigenvalue weighted by Gasteiger charge is -2.15. The Labute approximate surface area is 265 Å². The van der Waals surface area contributed by atoms with Gasteiger partial charge in [0.1, 0.15) is 0 Å². The minimum atomic E-state index is 0.895. The van der Waals surface area contributed by atoms with Gasteiger partial charge in [0.15, 0.2) is 0 Å². The van der Waals surface area contributed by atoms with E-state index in [9.17, 15) is 0 Å². The summed E-state index contributed by atoms with van der Waals surface area (Å²) in [4.78, 5) is 20.0. The second-order valence-corrected chi connectivity index (χ2v) is 11.5. The Morgan fingerprint density at radius 3 is 1.76 bits per heavy atom. The van der Waals surface area contributed by atoms with Gasteiger partial charge < -0.3 is 0 Å². The van der Waals surface area contributed by atoms with Gasteiger partial charge in [0.2, 0.25) is 0 Å². The Morgan fingerprint density at radius 2 is 1.07 bits per heavy atom. The third-order valence-corrected chi connectivity index (χ3v) is 8.72. The minimum absolute atomic E-state index is 0.895. The van der Waals surface area contributed by atoms with Crippen molar-refractivity contribution in [1.29, 1.82) is 0 Å². The molecule has 0 saturated carbocycles. The molecule has 214 valence electrons. The van der Waals surface area contributed by atoms with E-state index in [2.05, 4.69) is 120 Å². The van der Waals surface area contributed by atoms with Crippen LogP contribution in [0.4, 0.5) is 0 Å². The van der Waals surface area contributed by atoms with E-state index in [4.69, 9.17) is 15.0 Å². The third-order valence-electron chi connectivity index (χ3n) is 8.72. The van der Waals surface area contributed by atoms with Gasteiger partial charge in [-0.1, -0.05) is 115 Å². The zero-order chi connectivity index (χ0) is 30.5. The molecule has 46 heavy (non-hydrogen) atoms. The quantitative estimate of drug-likeness (QED) is 0.193. The summed E-state index contributed by atoms with van der Waals surface area (Å²) in [6.45, 7) is 0. The molecule has 0 saturated heterocycles. The summed E-state index contributed by atoms with van der Waals surface area (Å²) in [5.41, 5.74) is 10.9. The predicted octanol–water partition coefficient (Wildman–Crippen LogP) is 10.5. The maximum atomic E-state index is 5.25. The van der Waals surface area contributed by atoms with E-state index >= 15 is 0 Å². The average Bonchev–Trinajstić information content (AvgIpc) is 3.14.